The van der Waals surface area contributed by atoms with E-state index in [4.69, 9.17) is 0 Å². The predicted octanol–water partition coefficient (Wildman–Crippen LogP) is 4.46. The van der Waals surface area contributed by atoms with Gasteiger partial charge in [0.15, 0.2) is 0 Å². The molecule has 3 aromatic heterocycles. The molecule has 3 N–H and O–H groups in total. The summed E-state index contributed by atoms with van der Waals surface area (Å²) in [6, 6.07) is 0.119. The summed E-state index contributed by atoms with van der Waals surface area (Å²) >= 11 is 2.99. The first-order chi connectivity index (χ1) is 17.5. The van der Waals surface area contributed by atoms with Gasteiger partial charge in [0.1, 0.15) is 11.3 Å². The minimum Gasteiger partial charge on any atom is -0.352 e. The lowest BCUT2D eigenvalue weighted by Crippen LogP contribution is -2.29. The van der Waals surface area contributed by atoms with E-state index in [0.717, 1.165) is 41.2 Å². The Balaban J connectivity index is 1.16. The van der Waals surface area contributed by atoms with Crippen LogP contribution in [0.25, 0.3) is 0 Å². The molecule has 2 unspecified atom stereocenters. The molecule has 188 valence electrons. The van der Waals surface area contributed by atoms with Crippen molar-refractivity contribution in [2.75, 3.05) is 17.2 Å². The molecule has 4 aliphatic carbocycles. The third kappa shape index (κ3) is 4.02. The SMILES string of the molecule is Cc1nscc1Nc1nncn1C1CCc2sc(NC(=O)C3CC34CC4)c(C(=O)NCC3CC3)c2C1. The molecule has 7 rings (SSSR count). The van der Waals surface area contributed by atoms with E-state index in [1.807, 2.05) is 12.3 Å². The van der Waals surface area contributed by atoms with E-state index in [0.29, 0.717) is 30.4 Å². The first kappa shape index (κ1) is 22.4. The average Bonchev–Trinajstić information content (AvgIpc) is 3.83. The molecule has 3 fully saturated rings. The van der Waals surface area contributed by atoms with Gasteiger partial charge < -0.3 is 16.0 Å². The minimum absolute atomic E-state index is 0.0608. The molecular formula is C25H29N7O2S2. The fraction of sp³-hybridized carbons (Fsp3) is 0.560. The molecule has 11 heteroatoms. The summed E-state index contributed by atoms with van der Waals surface area (Å²) in [4.78, 5) is 27.6. The van der Waals surface area contributed by atoms with Crippen molar-refractivity contribution >= 4 is 51.3 Å². The van der Waals surface area contributed by atoms with Crippen LogP contribution in [0.2, 0.25) is 0 Å². The zero-order chi connectivity index (χ0) is 24.4. The Morgan fingerprint density at radius 3 is 2.83 bits per heavy atom. The lowest BCUT2D eigenvalue weighted by molar-refractivity contribution is -0.117. The second kappa shape index (κ2) is 8.37. The molecule has 2 amide bonds. The molecule has 4 aliphatic rings. The average molecular weight is 524 g/mol. The highest BCUT2D eigenvalue weighted by atomic mass is 32.1. The maximum atomic E-state index is 13.4. The van der Waals surface area contributed by atoms with Crippen molar-refractivity contribution in [3.63, 3.8) is 0 Å². The molecule has 2 atom stereocenters. The monoisotopic (exact) mass is 523 g/mol. The number of carbonyl (C=O) groups is 2. The number of nitrogens with zero attached hydrogens (tertiary/aromatic N) is 4. The Bertz CT molecular complexity index is 1350. The number of thiophene rings is 1. The van der Waals surface area contributed by atoms with Gasteiger partial charge in [-0.1, -0.05) is 0 Å². The summed E-state index contributed by atoms with van der Waals surface area (Å²) in [5, 5.41) is 20.9. The van der Waals surface area contributed by atoms with Crippen LogP contribution >= 0.6 is 22.9 Å². The third-order valence-electron chi connectivity index (χ3n) is 8.31. The Morgan fingerprint density at radius 2 is 2.11 bits per heavy atom. The lowest BCUT2D eigenvalue weighted by Gasteiger charge is -2.25. The molecule has 0 radical (unpaired) electrons. The Morgan fingerprint density at radius 1 is 1.25 bits per heavy atom. The van der Waals surface area contributed by atoms with Crippen LogP contribution in [0, 0.1) is 24.2 Å². The van der Waals surface area contributed by atoms with Gasteiger partial charge >= 0.3 is 0 Å². The van der Waals surface area contributed by atoms with Crippen molar-refractivity contribution in [1.82, 2.24) is 24.5 Å². The summed E-state index contributed by atoms with van der Waals surface area (Å²) in [6.07, 6.45) is 9.93. The van der Waals surface area contributed by atoms with Gasteiger partial charge in [0.25, 0.3) is 5.91 Å². The fourth-order valence-electron chi connectivity index (χ4n) is 5.54. The number of rotatable bonds is 8. The summed E-state index contributed by atoms with van der Waals surface area (Å²) in [6.45, 7) is 2.67. The van der Waals surface area contributed by atoms with Gasteiger partial charge in [-0.05, 0) is 86.7 Å². The maximum absolute atomic E-state index is 13.4. The van der Waals surface area contributed by atoms with Crippen LogP contribution < -0.4 is 16.0 Å². The zero-order valence-electron chi connectivity index (χ0n) is 20.2. The van der Waals surface area contributed by atoms with Crippen LogP contribution in [0.1, 0.15) is 71.1 Å². The zero-order valence-corrected chi connectivity index (χ0v) is 21.8. The topological polar surface area (TPSA) is 114 Å². The molecular weight excluding hydrogens is 494 g/mol. The smallest absolute Gasteiger partial charge is 0.254 e. The Hall–Kier alpha value is -2.79. The van der Waals surface area contributed by atoms with E-state index in [-0.39, 0.29) is 29.2 Å². The second-order valence-electron chi connectivity index (χ2n) is 10.9. The van der Waals surface area contributed by atoms with E-state index in [1.165, 1.54) is 42.1 Å². The summed E-state index contributed by atoms with van der Waals surface area (Å²) < 4.78 is 6.41. The summed E-state index contributed by atoms with van der Waals surface area (Å²) in [7, 11) is 0. The number of nitrogens with one attached hydrogen (secondary N) is 3. The predicted molar refractivity (Wildman–Crippen MR) is 139 cm³/mol. The van der Waals surface area contributed by atoms with Crippen LogP contribution in [-0.2, 0) is 17.6 Å². The highest BCUT2D eigenvalue weighted by Crippen LogP contribution is 2.70. The molecule has 0 bridgehead atoms. The van der Waals surface area contributed by atoms with E-state index in [2.05, 4.69) is 35.1 Å². The molecule has 1 spiro atoms. The van der Waals surface area contributed by atoms with Crippen molar-refractivity contribution in [3.8, 4) is 0 Å². The van der Waals surface area contributed by atoms with Gasteiger partial charge in [0.2, 0.25) is 11.9 Å². The highest BCUT2D eigenvalue weighted by Gasteiger charge is 2.65. The first-order valence-electron chi connectivity index (χ1n) is 12.8. The van der Waals surface area contributed by atoms with E-state index >= 15 is 0 Å². The maximum Gasteiger partial charge on any atom is 0.254 e. The number of aryl methyl sites for hydroxylation is 2. The third-order valence-corrected chi connectivity index (χ3v) is 10.2. The van der Waals surface area contributed by atoms with Crippen molar-refractivity contribution in [2.24, 2.45) is 17.3 Å². The van der Waals surface area contributed by atoms with Gasteiger partial charge in [0.05, 0.1) is 16.9 Å². The molecule has 9 nitrogen and oxygen atoms in total. The number of carbonyl (C=O) groups excluding carboxylic acids is 2. The quantitative estimate of drug-likeness (QED) is 0.402. The molecule has 0 aliphatic heterocycles. The molecule has 3 saturated carbocycles. The van der Waals surface area contributed by atoms with Crippen molar-refractivity contribution in [3.05, 3.63) is 33.4 Å². The number of anilines is 3. The van der Waals surface area contributed by atoms with Crippen LogP contribution in [0.15, 0.2) is 11.7 Å². The molecule has 0 saturated heterocycles. The van der Waals surface area contributed by atoms with Crippen LogP contribution in [0.4, 0.5) is 16.6 Å². The minimum atomic E-state index is -0.0608. The van der Waals surface area contributed by atoms with E-state index < -0.39 is 0 Å². The van der Waals surface area contributed by atoms with Crippen molar-refractivity contribution < 1.29 is 9.59 Å². The van der Waals surface area contributed by atoms with Crippen molar-refractivity contribution in [1.29, 1.82) is 0 Å². The lowest BCUT2D eigenvalue weighted by atomic mass is 9.91. The summed E-state index contributed by atoms with van der Waals surface area (Å²) in [5.74, 6) is 1.42. The fourth-order valence-corrected chi connectivity index (χ4v) is 7.43. The van der Waals surface area contributed by atoms with Gasteiger partial charge in [-0.15, -0.1) is 21.5 Å². The highest BCUT2D eigenvalue weighted by molar-refractivity contribution is 7.17. The number of amides is 2. The normalized spacial score (nSPS) is 23.2. The van der Waals surface area contributed by atoms with Gasteiger partial charge in [-0.3, -0.25) is 14.2 Å². The van der Waals surface area contributed by atoms with Gasteiger partial charge in [0, 0.05) is 28.8 Å². The second-order valence-corrected chi connectivity index (χ2v) is 12.6. The van der Waals surface area contributed by atoms with Gasteiger partial charge in [-0.2, -0.15) is 4.37 Å². The first-order valence-corrected chi connectivity index (χ1v) is 14.5. The van der Waals surface area contributed by atoms with Gasteiger partial charge in [-0.25, -0.2) is 0 Å². The Kier molecular flexibility index (Phi) is 5.21. The number of hydrogen-bond donors (Lipinski definition) is 3. The van der Waals surface area contributed by atoms with Crippen LogP contribution in [0.5, 0.6) is 0 Å². The standard InChI is InChI=1S/C25H29N7O2S2/c1-13-18(11-35-31-13)28-24-30-27-12-32(24)15-4-5-19-16(8-15)20(22(34)26-10-14-2-3-14)23(36-19)29-21(33)17-9-25(17)6-7-25/h11-12,14-15,17H,2-10H2,1H3,(H,26,34)(H,28,30)(H,29,33). The van der Waals surface area contributed by atoms with Crippen LogP contribution in [-0.4, -0.2) is 37.5 Å². The summed E-state index contributed by atoms with van der Waals surface area (Å²) in [5.41, 5.74) is 3.87. The largest absolute Gasteiger partial charge is 0.352 e. The van der Waals surface area contributed by atoms with E-state index in [1.54, 1.807) is 17.7 Å². The van der Waals surface area contributed by atoms with E-state index in [9.17, 15) is 9.59 Å². The van der Waals surface area contributed by atoms with Crippen LogP contribution in [0.3, 0.4) is 0 Å². The number of fused-ring (bicyclic) bond motifs is 1. The Labute approximate surface area is 217 Å². The van der Waals surface area contributed by atoms with Crippen molar-refractivity contribution in [2.45, 2.75) is 64.3 Å². The molecule has 3 aromatic rings. The number of hydrogen-bond acceptors (Lipinski definition) is 8. The molecule has 0 aromatic carbocycles. The number of aromatic nitrogens is 4. The molecule has 36 heavy (non-hydrogen) atoms. The molecule has 3 heterocycles.